The average molecular weight is 253 g/mol. The zero-order valence-corrected chi connectivity index (χ0v) is 9.18. The van der Waals surface area contributed by atoms with Gasteiger partial charge in [-0.15, -0.1) is 0 Å². The molecule has 0 atom stereocenters. The Kier molecular flexibility index (Phi) is 2.70. The molecule has 0 radical (unpaired) electrons. The number of hydrogen-bond donors (Lipinski definition) is 0. The predicted molar refractivity (Wildman–Crippen MR) is 51.9 cm³/mol. The molecule has 12 heavy (non-hydrogen) atoms. The molecule has 0 aromatic carbocycles. The molecule has 6 heteroatoms. The maximum atomic E-state index is 11.4. The van der Waals surface area contributed by atoms with E-state index in [4.69, 9.17) is 0 Å². The fourth-order valence-electron chi connectivity index (χ4n) is 0.807. The van der Waals surface area contributed by atoms with Crippen LogP contribution in [-0.4, -0.2) is 37.9 Å². The highest BCUT2D eigenvalue weighted by Gasteiger charge is 2.27. The molecule has 0 aliphatic carbocycles. The minimum atomic E-state index is -3.27. The monoisotopic (exact) mass is 252 g/mol. The van der Waals surface area contributed by atoms with Crippen molar-refractivity contribution >= 4 is 29.7 Å². The van der Waals surface area contributed by atoms with E-state index in [-0.39, 0.29) is 3.95 Å². The molecule has 1 heterocycles. The summed E-state index contributed by atoms with van der Waals surface area (Å²) in [5, 5.41) is 0. The van der Waals surface area contributed by atoms with Gasteiger partial charge in [0.05, 0.1) is 4.91 Å². The first-order chi connectivity index (χ1) is 5.44. The van der Waals surface area contributed by atoms with Crippen molar-refractivity contribution in [2.75, 3.05) is 20.6 Å². The lowest BCUT2D eigenvalue weighted by Gasteiger charge is -2.08. The van der Waals surface area contributed by atoms with Crippen LogP contribution in [0.3, 0.4) is 0 Å². The molecule has 0 spiro atoms. The molecule has 4 nitrogen and oxygen atoms in total. The first-order valence-electron chi connectivity index (χ1n) is 3.27. The predicted octanol–water partition coefficient (Wildman–Crippen LogP) is 0.569. The molecule has 0 amide bonds. The molecule has 0 saturated heterocycles. The molecule has 0 saturated carbocycles. The second kappa shape index (κ2) is 3.27. The zero-order chi connectivity index (χ0) is 9.35. The van der Waals surface area contributed by atoms with E-state index in [2.05, 4.69) is 20.9 Å². The summed E-state index contributed by atoms with van der Waals surface area (Å²) in [5.41, 5.74) is 0. The lowest BCUT2D eigenvalue weighted by Crippen LogP contribution is -2.20. The van der Waals surface area contributed by atoms with Gasteiger partial charge in [-0.25, -0.2) is 13.4 Å². The summed E-state index contributed by atoms with van der Waals surface area (Å²) < 4.78 is 22.7. The summed E-state index contributed by atoms with van der Waals surface area (Å²) in [6.45, 7) is 0.390. The third-order valence-corrected chi connectivity index (χ3v) is 4.31. The van der Waals surface area contributed by atoms with Crippen molar-refractivity contribution in [1.82, 2.24) is 4.90 Å². The molecule has 0 N–H and O–H groups in total. The highest BCUT2D eigenvalue weighted by Crippen LogP contribution is 2.20. The summed E-state index contributed by atoms with van der Waals surface area (Å²) in [6, 6.07) is 0. The van der Waals surface area contributed by atoms with Crippen molar-refractivity contribution in [3.8, 4) is 0 Å². The molecule has 1 aliphatic rings. The van der Waals surface area contributed by atoms with Gasteiger partial charge in [0.1, 0.15) is 0 Å². The number of hydrogen-bond acceptors (Lipinski definition) is 4. The summed E-state index contributed by atoms with van der Waals surface area (Å²) in [6.07, 6.45) is 1.37. The molecule has 68 valence electrons. The van der Waals surface area contributed by atoms with Crippen LogP contribution in [0.15, 0.2) is 16.1 Å². The van der Waals surface area contributed by atoms with Crippen LogP contribution in [0, 0.1) is 0 Å². The third kappa shape index (κ3) is 1.75. The van der Waals surface area contributed by atoms with Crippen LogP contribution in [0.4, 0.5) is 0 Å². The molecule has 1 rings (SSSR count). The lowest BCUT2D eigenvalue weighted by atomic mass is 10.5. The van der Waals surface area contributed by atoms with Gasteiger partial charge in [0.15, 0.2) is 0 Å². The Hall–Kier alpha value is -0.200. The van der Waals surface area contributed by atoms with Gasteiger partial charge < -0.3 is 4.90 Å². The van der Waals surface area contributed by atoms with Crippen molar-refractivity contribution < 1.29 is 8.42 Å². The second-order valence-electron chi connectivity index (χ2n) is 2.72. The maximum Gasteiger partial charge on any atom is 0.229 e. The molecule has 0 aromatic heterocycles. The second-order valence-corrected chi connectivity index (χ2v) is 5.91. The van der Waals surface area contributed by atoms with Gasteiger partial charge >= 0.3 is 0 Å². The SMILES string of the molecule is CN(C)CC1=CN=C(Br)S1(=O)=O. The van der Waals surface area contributed by atoms with E-state index in [0.717, 1.165) is 0 Å². The van der Waals surface area contributed by atoms with Crippen LogP contribution in [0.2, 0.25) is 0 Å². The topological polar surface area (TPSA) is 49.7 Å². The lowest BCUT2D eigenvalue weighted by molar-refractivity contribution is 0.450. The number of sulfone groups is 1. The van der Waals surface area contributed by atoms with Crippen molar-refractivity contribution in [2.45, 2.75) is 0 Å². The first-order valence-corrected chi connectivity index (χ1v) is 5.54. The van der Waals surface area contributed by atoms with Gasteiger partial charge in [-0.2, -0.15) is 0 Å². The van der Waals surface area contributed by atoms with Crippen LogP contribution in [0.25, 0.3) is 0 Å². The van der Waals surface area contributed by atoms with Crippen molar-refractivity contribution in [3.63, 3.8) is 0 Å². The highest BCUT2D eigenvalue weighted by atomic mass is 79.9. The van der Waals surface area contributed by atoms with Gasteiger partial charge in [-0.1, -0.05) is 0 Å². The fraction of sp³-hybridized carbons (Fsp3) is 0.500. The molecule has 0 bridgehead atoms. The van der Waals surface area contributed by atoms with Crippen molar-refractivity contribution in [1.29, 1.82) is 0 Å². The van der Waals surface area contributed by atoms with E-state index in [0.29, 0.717) is 11.4 Å². The van der Waals surface area contributed by atoms with Crippen molar-refractivity contribution in [3.05, 3.63) is 11.1 Å². The van der Waals surface area contributed by atoms with Gasteiger partial charge in [0.25, 0.3) is 0 Å². The number of nitrogens with zero attached hydrogens (tertiary/aromatic N) is 2. The van der Waals surface area contributed by atoms with Crippen molar-refractivity contribution in [2.24, 2.45) is 4.99 Å². The van der Waals surface area contributed by atoms with Gasteiger partial charge in [-0.05, 0) is 30.0 Å². The van der Waals surface area contributed by atoms with Crippen LogP contribution in [-0.2, 0) is 9.84 Å². The van der Waals surface area contributed by atoms with Gasteiger partial charge in [0.2, 0.25) is 13.8 Å². The highest BCUT2D eigenvalue weighted by molar-refractivity contribution is 9.21. The molecular formula is C6H9BrN2O2S. The quantitative estimate of drug-likeness (QED) is 0.722. The van der Waals surface area contributed by atoms with Gasteiger partial charge in [-0.3, -0.25) is 0 Å². The summed E-state index contributed by atoms with van der Waals surface area (Å²) in [7, 11) is 0.341. The molecule has 0 unspecified atom stereocenters. The van der Waals surface area contributed by atoms with Crippen LogP contribution in [0.5, 0.6) is 0 Å². The number of likely N-dealkylation sites (N-methyl/N-ethyl adjacent to an activating group) is 1. The third-order valence-electron chi connectivity index (χ3n) is 1.35. The largest absolute Gasteiger partial charge is 0.304 e. The van der Waals surface area contributed by atoms with Gasteiger partial charge in [0, 0.05) is 12.7 Å². The maximum absolute atomic E-state index is 11.4. The van der Waals surface area contributed by atoms with E-state index >= 15 is 0 Å². The summed E-state index contributed by atoms with van der Waals surface area (Å²) >= 11 is 2.88. The zero-order valence-electron chi connectivity index (χ0n) is 6.78. The Morgan fingerprint density at radius 1 is 1.58 bits per heavy atom. The van der Waals surface area contributed by atoms with Crippen LogP contribution < -0.4 is 0 Å². The number of rotatable bonds is 2. The van der Waals surface area contributed by atoms with E-state index in [9.17, 15) is 8.42 Å². The average Bonchev–Trinajstić information content (AvgIpc) is 2.15. The molecular weight excluding hydrogens is 244 g/mol. The Morgan fingerprint density at radius 3 is 2.50 bits per heavy atom. The van der Waals surface area contributed by atoms with Crippen LogP contribution >= 0.6 is 15.9 Å². The van der Waals surface area contributed by atoms with E-state index < -0.39 is 9.84 Å². The Bertz CT molecular complexity index is 343. The Balaban J connectivity index is 2.88. The number of halogens is 1. The molecule has 0 fully saturated rings. The van der Waals surface area contributed by atoms with E-state index in [1.54, 1.807) is 4.90 Å². The van der Waals surface area contributed by atoms with E-state index in [1.807, 2.05) is 14.1 Å². The molecule has 0 aromatic rings. The minimum Gasteiger partial charge on any atom is -0.304 e. The summed E-state index contributed by atoms with van der Waals surface area (Å²) in [4.78, 5) is 5.80. The normalized spacial score (nSPS) is 21.0. The van der Waals surface area contributed by atoms with E-state index in [1.165, 1.54) is 6.20 Å². The van der Waals surface area contributed by atoms with Crippen LogP contribution in [0.1, 0.15) is 0 Å². The smallest absolute Gasteiger partial charge is 0.229 e. The fourth-order valence-corrected chi connectivity index (χ4v) is 2.56. The number of aliphatic imine (C=N–C) groups is 1. The summed E-state index contributed by atoms with van der Waals surface area (Å²) in [5.74, 6) is 0. The Labute approximate surface area is 80.0 Å². The first kappa shape index (κ1) is 9.88. The minimum absolute atomic E-state index is 0.00634. The standard InChI is InChI=1S/C6H9BrN2O2S/c1-9(2)4-5-3-8-6(7)12(5,10)11/h3H,4H2,1-2H3. The Morgan fingerprint density at radius 2 is 2.17 bits per heavy atom. The molecule has 1 aliphatic heterocycles.